The average molecular weight is 274 g/mol. The van der Waals surface area contributed by atoms with Gasteiger partial charge in [0.05, 0.1) is 6.61 Å². The number of carbonyl (C=O) groups is 2. The van der Waals surface area contributed by atoms with E-state index in [1.807, 2.05) is 24.3 Å². The predicted molar refractivity (Wildman–Crippen MR) is 74.7 cm³/mol. The van der Waals surface area contributed by atoms with Crippen LogP contribution in [0.15, 0.2) is 29.8 Å². The van der Waals surface area contributed by atoms with E-state index < -0.39 is 5.25 Å². The Morgan fingerprint density at radius 1 is 1.42 bits per heavy atom. The average Bonchev–Trinajstić information content (AvgIpc) is 2.78. The van der Waals surface area contributed by atoms with Gasteiger partial charge in [-0.1, -0.05) is 24.3 Å². The molecule has 98 valence electrons. The van der Waals surface area contributed by atoms with Crippen LogP contribution in [0.25, 0.3) is 4.91 Å². The van der Waals surface area contributed by atoms with Gasteiger partial charge in [0.1, 0.15) is 5.25 Å². The van der Waals surface area contributed by atoms with Gasteiger partial charge >= 0.3 is 5.97 Å². The maximum Gasteiger partial charge on any atom is 0.319 e. The maximum atomic E-state index is 12.2. The lowest BCUT2D eigenvalue weighted by atomic mass is 10.0. The highest BCUT2D eigenvalue weighted by atomic mass is 32.2. The molecule has 0 saturated carbocycles. The number of Topliss-reactive ketones (excluding diaryl/α,β-unsaturated/α-hetero) is 1. The molecule has 0 spiro atoms. The quantitative estimate of drug-likeness (QED) is 0.777. The number of hydrogen-bond acceptors (Lipinski definition) is 4. The lowest BCUT2D eigenvalue weighted by Crippen LogP contribution is -2.27. The van der Waals surface area contributed by atoms with Gasteiger partial charge < -0.3 is 4.74 Å². The molecule has 0 amide bonds. The molecule has 1 atom stereocenters. The first-order chi connectivity index (χ1) is 9.20. The molecule has 3 rings (SSSR count). The summed E-state index contributed by atoms with van der Waals surface area (Å²) in [5.74, 6) is -0.195. The third-order valence-electron chi connectivity index (χ3n) is 3.42. The lowest BCUT2D eigenvalue weighted by Gasteiger charge is -2.21. The van der Waals surface area contributed by atoms with Gasteiger partial charge in [-0.15, -0.1) is 11.8 Å². The van der Waals surface area contributed by atoms with E-state index in [-0.39, 0.29) is 18.2 Å². The number of esters is 1. The van der Waals surface area contributed by atoms with Crippen molar-refractivity contribution in [1.82, 2.24) is 0 Å². The second-order valence-corrected chi connectivity index (χ2v) is 5.84. The molecule has 1 heterocycles. The predicted octanol–water partition coefficient (Wildman–Crippen LogP) is 2.59. The monoisotopic (exact) mass is 274 g/mol. The molecule has 2 aliphatic rings. The minimum Gasteiger partial charge on any atom is -0.465 e. The number of rotatable bonds is 2. The summed E-state index contributed by atoms with van der Waals surface area (Å²) in [4.78, 5) is 25.0. The summed E-state index contributed by atoms with van der Waals surface area (Å²) in [5.41, 5.74) is 3.15. The number of ether oxygens (including phenoxy) is 1. The van der Waals surface area contributed by atoms with Crippen LogP contribution in [0.2, 0.25) is 0 Å². The molecular formula is C15H14O3S. The van der Waals surface area contributed by atoms with Crippen LogP contribution in [0.1, 0.15) is 24.5 Å². The molecule has 0 N–H and O–H groups in total. The molecule has 1 aliphatic heterocycles. The first kappa shape index (κ1) is 12.5. The van der Waals surface area contributed by atoms with Crippen LogP contribution in [0.4, 0.5) is 0 Å². The highest BCUT2D eigenvalue weighted by molar-refractivity contribution is 8.09. The molecule has 1 aromatic carbocycles. The van der Waals surface area contributed by atoms with E-state index in [2.05, 4.69) is 0 Å². The fourth-order valence-corrected chi connectivity index (χ4v) is 3.87. The molecule has 1 aliphatic carbocycles. The maximum absolute atomic E-state index is 12.2. The van der Waals surface area contributed by atoms with Gasteiger partial charge in [-0.3, -0.25) is 9.59 Å². The molecule has 0 aromatic heterocycles. The Bertz CT molecular complexity index is 589. The molecule has 1 aromatic rings. The lowest BCUT2D eigenvalue weighted by molar-refractivity contribution is -0.143. The largest absolute Gasteiger partial charge is 0.465 e. The smallest absolute Gasteiger partial charge is 0.319 e. The number of hydrogen-bond donors (Lipinski definition) is 0. The molecule has 0 saturated heterocycles. The molecule has 0 bridgehead atoms. The van der Waals surface area contributed by atoms with Crippen molar-refractivity contribution in [2.24, 2.45) is 0 Å². The number of benzene rings is 1. The number of carbonyl (C=O) groups excluding carboxylic acids is 2. The van der Waals surface area contributed by atoms with E-state index in [9.17, 15) is 9.59 Å². The van der Waals surface area contributed by atoms with Gasteiger partial charge in [0.15, 0.2) is 5.78 Å². The van der Waals surface area contributed by atoms with Crippen LogP contribution >= 0.6 is 11.8 Å². The van der Waals surface area contributed by atoms with Crippen LogP contribution in [0.3, 0.4) is 0 Å². The molecule has 19 heavy (non-hydrogen) atoms. The Morgan fingerprint density at radius 2 is 2.21 bits per heavy atom. The van der Waals surface area contributed by atoms with Crippen LogP contribution in [0.5, 0.6) is 0 Å². The molecule has 3 nitrogen and oxygen atoms in total. The summed E-state index contributed by atoms with van der Waals surface area (Å²) >= 11 is 1.48. The van der Waals surface area contributed by atoms with E-state index in [4.69, 9.17) is 4.74 Å². The van der Waals surface area contributed by atoms with Gasteiger partial charge in [-0.25, -0.2) is 0 Å². The third-order valence-corrected chi connectivity index (χ3v) is 4.77. The fourth-order valence-electron chi connectivity index (χ4n) is 2.53. The summed E-state index contributed by atoms with van der Waals surface area (Å²) in [6.07, 6.45) is 0.962. The zero-order chi connectivity index (χ0) is 13.4. The van der Waals surface area contributed by atoms with E-state index in [0.717, 1.165) is 16.0 Å². The Balaban J connectivity index is 1.92. The van der Waals surface area contributed by atoms with Crippen LogP contribution in [-0.2, 0) is 20.7 Å². The summed E-state index contributed by atoms with van der Waals surface area (Å²) < 4.78 is 5.03. The van der Waals surface area contributed by atoms with E-state index in [1.165, 1.54) is 17.3 Å². The van der Waals surface area contributed by atoms with E-state index in [0.29, 0.717) is 13.0 Å². The zero-order valence-corrected chi connectivity index (χ0v) is 11.5. The second-order valence-electron chi connectivity index (χ2n) is 4.63. The van der Waals surface area contributed by atoms with Crippen molar-refractivity contribution in [2.75, 3.05) is 6.61 Å². The summed E-state index contributed by atoms with van der Waals surface area (Å²) in [6, 6.07) is 8.01. The summed E-state index contributed by atoms with van der Waals surface area (Å²) in [7, 11) is 0. The van der Waals surface area contributed by atoms with Crippen LogP contribution < -0.4 is 0 Å². The summed E-state index contributed by atoms with van der Waals surface area (Å²) in [6.45, 7) is 2.13. The topological polar surface area (TPSA) is 43.4 Å². The van der Waals surface area contributed by atoms with Gasteiger partial charge in [0, 0.05) is 23.3 Å². The SMILES string of the molecule is CCOC(=O)C1CC(=O)C2=C(S1)c1ccccc1C2. The van der Waals surface area contributed by atoms with Gasteiger partial charge in [0.2, 0.25) is 0 Å². The van der Waals surface area contributed by atoms with E-state index in [1.54, 1.807) is 6.92 Å². The highest BCUT2D eigenvalue weighted by Crippen LogP contribution is 2.47. The molecular weight excluding hydrogens is 260 g/mol. The van der Waals surface area contributed by atoms with E-state index >= 15 is 0 Å². The zero-order valence-electron chi connectivity index (χ0n) is 10.6. The Morgan fingerprint density at radius 3 is 3.00 bits per heavy atom. The number of ketones is 1. The van der Waals surface area contributed by atoms with Crippen molar-refractivity contribution in [2.45, 2.75) is 25.0 Å². The van der Waals surface area contributed by atoms with Crippen molar-refractivity contribution in [3.8, 4) is 0 Å². The van der Waals surface area contributed by atoms with Crippen LogP contribution in [-0.4, -0.2) is 23.6 Å². The Hall–Kier alpha value is -1.55. The first-order valence-corrected chi connectivity index (χ1v) is 7.26. The van der Waals surface area contributed by atoms with Crippen molar-refractivity contribution in [1.29, 1.82) is 0 Å². The molecule has 1 unspecified atom stereocenters. The van der Waals surface area contributed by atoms with Crippen molar-refractivity contribution in [3.05, 3.63) is 41.0 Å². The normalized spacial score (nSPS) is 21.1. The minimum atomic E-state index is -0.391. The van der Waals surface area contributed by atoms with Gasteiger partial charge in [-0.2, -0.15) is 0 Å². The van der Waals surface area contributed by atoms with Crippen molar-refractivity contribution in [3.63, 3.8) is 0 Å². The van der Waals surface area contributed by atoms with Crippen molar-refractivity contribution < 1.29 is 14.3 Å². The Labute approximate surface area is 116 Å². The number of thioether (sulfide) groups is 1. The Kier molecular flexibility index (Phi) is 3.19. The molecule has 4 heteroatoms. The van der Waals surface area contributed by atoms with Gasteiger partial charge in [0.25, 0.3) is 0 Å². The summed E-state index contributed by atoms with van der Waals surface area (Å²) in [5, 5.41) is -0.391. The number of fused-ring (bicyclic) bond motifs is 2. The fraction of sp³-hybridized carbons (Fsp3) is 0.333. The minimum absolute atomic E-state index is 0.0861. The standard InChI is InChI=1S/C15H14O3S/c1-2-18-15(17)13-8-12(16)11-7-9-5-3-4-6-10(9)14(11)19-13/h3-6,13H,2,7-8H2,1H3. The van der Waals surface area contributed by atoms with Gasteiger partial charge in [-0.05, 0) is 18.1 Å². The molecule has 0 fully saturated rings. The number of allylic oxidation sites excluding steroid dienone is 1. The molecule has 0 radical (unpaired) electrons. The second kappa shape index (κ2) is 4.85. The first-order valence-electron chi connectivity index (χ1n) is 6.38. The van der Waals surface area contributed by atoms with Crippen LogP contribution in [0, 0.1) is 0 Å². The third kappa shape index (κ3) is 2.10. The highest BCUT2D eigenvalue weighted by Gasteiger charge is 2.37. The van der Waals surface area contributed by atoms with Crippen molar-refractivity contribution >= 4 is 28.4 Å².